The van der Waals surface area contributed by atoms with Crippen LogP contribution < -0.4 is 4.74 Å². The molecule has 0 heterocycles. The van der Waals surface area contributed by atoms with Crippen LogP contribution in [-0.4, -0.2) is 25.6 Å². The van der Waals surface area contributed by atoms with Gasteiger partial charge in [-0.15, -0.1) is 0 Å². The van der Waals surface area contributed by atoms with Gasteiger partial charge in [0.15, 0.2) is 6.79 Å². The van der Waals surface area contributed by atoms with E-state index in [-0.39, 0.29) is 13.4 Å². The summed E-state index contributed by atoms with van der Waals surface area (Å²) in [4.78, 5) is 0. The molecule has 0 fully saturated rings. The van der Waals surface area contributed by atoms with E-state index in [9.17, 15) is 0 Å². The van der Waals surface area contributed by atoms with E-state index in [4.69, 9.17) is 14.6 Å². The Bertz CT molecular complexity index is 589. The molecule has 0 aromatic heterocycles. The Morgan fingerprint density at radius 2 is 1.55 bits per heavy atom. The lowest BCUT2D eigenvalue weighted by atomic mass is 10.0. The van der Waals surface area contributed by atoms with Crippen molar-refractivity contribution >= 4 is 0 Å². The van der Waals surface area contributed by atoms with Crippen molar-refractivity contribution in [2.24, 2.45) is 0 Å². The van der Waals surface area contributed by atoms with Gasteiger partial charge in [-0.2, -0.15) is 0 Å². The number of methoxy groups -OCH3 is 1. The number of aliphatic hydroxyl groups excluding tert-OH is 1. The lowest BCUT2D eigenvalue weighted by Gasteiger charge is -2.06. The van der Waals surface area contributed by atoms with Crippen molar-refractivity contribution in [2.45, 2.75) is 0 Å². The first-order valence-corrected chi connectivity index (χ1v) is 6.25. The van der Waals surface area contributed by atoms with Crippen molar-refractivity contribution in [3.8, 4) is 28.7 Å². The molecular formula is C17H16O3. The van der Waals surface area contributed by atoms with Crippen LogP contribution >= 0.6 is 0 Å². The minimum Gasteiger partial charge on any atom is -0.468 e. The summed E-state index contributed by atoms with van der Waals surface area (Å²) in [5.41, 5.74) is 3.11. The fourth-order valence-corrected chi connectivity index (χ4v) is 1.76. The van der Waals surface area contributed by atoms with Gasteiger partial charge in [-0.1, -0.05) is 36.1 Å². The number of hydrogen-bond acceptors (Lipinski definition) is 3. The number of benzene rings is 2. The molecule has 0 spiro atoms. The molecule has 2 aromatic carbocycles. The topological polar surface area (TPSA) is 38.7 Å². The summed E-state index contributed by atoms with van der Waals surface area (Å²) in [5, 5.41) is 8.65. The number of hydrogen-bond donors (Lipinski definition) is 1. The Hall–Kier alpha value is -2.28. The zero-order valence-corrected chi connectivity index (χ0v) is 11.3. The summed E-state index contributed by atoms with van der Waals surface area (Å²) >= 11 is 0. The molecule has 0 radical (unpaired) electrons. The van der Waals surface area contributed by atoms with Crippen LogP contribution in [-0.2, 0) is 4.74 Å². The monoisotopic (exact) mass is 268 g/mol. The largest absolute Gasteiger partial charge is 0.468 e. The first-order valence-electron chi connectivity index (χ1n) is 6.25. The highest BCUT2D eigenvalue weighted by Crippen LogP contribution is 2.22. The molecule has 3 nitrogen and oxygen atoms in total. The average Bonchev–Trinajstić information content (AvgIpc) is 2.52. The third kappa shape index (κ3) is 3.86. The smallest absolute Gasteiger partial charge is 0.188 e. The van der Waals surface area contributed by atoms with E-state index in [1.807, 2.05) is 48.5 Å². The predicted octanol–water partition coefficient (Wildman–Crippen LogP) is 2.68. The van der Waals surface area contributed by atoms with Crippen LogP contribution in [0.2, 0.25) is 0 Å². The number of rotatable bonds is 4. The van der Waals surface area contributed by atoms with E-state index in [0.29, 0.717) is 0 Å². The first kappa shape index (κ1) is 14.1. The Kier molecular flexibility index (Phi) is 5.19. The maximum Gasteiger partial charge on any atom is 0.188 e. The highest BCUT2D eigenvalue weighted by Gasteiger charge is 1.99. The van der Waals surface area contributed by atoms with Gasteiger partial charge in [0.1, 0.15) is 12.4 Å². The molecule has 0 aliphatic rings. The molecule has 0 aliphatic carbocycles. The predicted molar refractivity (Wildman–Crippen MR) is 78.3 cm³/mol. The molecule has 1 N–H and O–H groups in total. The third-order valence-electron chi connectivity index (χ3n) is 2.73. The van der Waals surface area contributed by atoms with E-state index in [1.165, 1.54) is 0 Å². The van der Waals surface area contributed by atoms with E-state index < -0.39 is 0 Å². The average molecular weight is 268 g/mol. The fraction of sp³-hybridized carbons (Fsp3) is 0.176. The number of aliphatic hydroxyl groups is 1. The lowest BCUT2D eigenvalue weighted by molar-refractivity contribution is 0.0511. The van der Waals surface area contributed by atoms with Gasteiger partial charge in [-0.3, -0.25) is 0 Å². The van der Waals surface area contributed by atoms with Gasteiger partial charge in [0.25, 0.3) is 0 Å². The third-order valence-corrected chi connectivity index (χ3v) is 2.73. The first-order chi connectivity index (χ1) is 9.83. The zero-order chi connectivity index (χ0) is 14.2. The normalized spacial score (nSPS) is 9.70. The molecule has 0 bridgehead atoms. The Morgan fingerprint density at radius 1 is 0.950 bits per heavy atom. The second-order valence-corrected chi connectivity index (χ2v) is 4.11. The molecule has 0 aliphatic heterocycles. The van der Waals surface area contributed by atoms with Crippen LogP contribution in [0.15, 0.2) is 48.5 Å². The zero-order valence-electron chi connectivity index (χ0n) is 11.3. The van der Waals surface area contributed by atoms with E-state index in [0.717, 1.165) is 22.4 Å². The molecule has 0 saturated carbocycles. The lowest BCUT2D eigenvalue weighted by Crippen LogP contribution is -1.98. The molecule has 102 valence electrons. The van der Waals surface area contributed by atoms with Crippen LogP contribution in [0.25, 0.3) is 11.1 Å². The second-order valence-electron chi connectivity index (χ2n) is 4.11. The van der Waals surface area contributed by atoms with E-state index in [2.05, 4.69) is 11.8 Å². The van der Waals surface area contributed by atoms with Gasteiger partial charge in [-0.25, -0.2) is 0 Å². The molecule has 2 rings (SSSR count). The van der Waals surface area contributed by atoms with Crippen LogP contribution in [0, 0.1) is 11.8 Å². The molecule has 0 amide bonds. The number of ether oxygens (including phenoxy) is 2. The van der Waals surface area contributed by atoms with Gasteiger partial charge in [-0.05, 0) is 35.4 Å². The van der Waals surface area contributed by atoms with Gasteiger partial charge >= 0.3 is 0 Å². The molecular weight excluding hydrogens is 252 g/mol. The SMILES string of the molecule is COCOc1ccc(-c2ccc(C#CCO)cc2)cc1. The summed E-state index contributed by atoms with van der Waals surface area (Å²) in [6.07, 6.45) is 0. The van der Waals surface area contributed by atoms with Crippen molar-refractivity contribution in [1.29, 1.82) is 0 Å². The van der Waals surface area contributed by atoms with Gasteiger partial charge < -0.3 is 14.6 Å². The minimum absolute atomic E-state index is 0.120. The highest BCUT2D eigenvalue weighted by atomic mass is 16.7. The Labute approximate surface area is 118 Å². The van der Waals surface area contributed by atoms with E-state index in [1.54, 1.807) is 7.11 Å². The van der Waals surface area contributed by atoms with Crippen LogP contribution in [0.3, 0.4) is 0 Å². The van der Waals surface area contributed by atoms with Crippen molar-refractivity contribution < 1.29 is 14.6 Å². The Morgan fingerprint density at radius 3 is 2.10 bits per heavy atom. The van der Waals surface area contributed by atoms with Gasteiger partial charge in [0.05, 0.1) is 0 Å². The minimum atomic E-state index is -0.120. The molecule has 20 heavy (non-hydrogen) atoms. The molecule has 0 atom stereocenters. The summed E-state index contributed by atoms with van der Waals surface area (Å²) in [7, 11) is 1.59. The highest BCUT2D eigenvalue weighted by molar-refractivity contribution is 5.65. The van der Waals surface area contributed by atoms with E-state index >= 15 is 0 Å². The van der Waals surface area contributed by atoms with Crippen molar-refractivity contribution in [3.05, 3.63) is 54.1 Å². The standard InChI is InChI=1S/C17H16O3/c1-19-13-20-17-10-8-16(9-11-17)15-6-4-14(5-7-15)3-2-12-18/h4-11,18H,12-13H2,1H3. The Balaban J connectivity index is 2.11. The van der Waals surface area contributed by atoms with Gasteiger partial charge in [0, 0.05) is 12.7 Å². The maximum absolute atomic E-state index is 8.65. The van der Waals surface area contributed by atoms with Crippen LogP contribution in [0.4, 0.5) is 0 Å². The molecule has 0 unspecified atom stereocenters. The summed E-state index contributed by atoms with van der Waals surface area (Å²) in [6, 6.07) is 15.7. The molecule has 3 heteroatoms. The van der Waals surface area contributed by atoms with Gasteiger partial charge in [0.2, 0.25) is 0 Å². The fourth-order valence-electron chi connectivity index (χ4n) is 1.76. The van der Waals surface area contributed by atoms with Crippen LogP contribution in [0.5, 0.6) is 5.75 Å². The summed E-state index contributed by atoms with van der Waals surface area (Å²) in [5.74, 6) is 6.28. The van der Waals surface area contributed by atoms with Crippen molar-refractivity contribution in [3.63, 3.8) is 0 Å². The maximum atomic E-state index is 8.65. The molecule has 2 aromatic rings. The van der Waals surface area contributed by atoms with Crippen molar-refractivity contribution in [2.75, 3.05) is 20.5 Å². The quantitative estimate of drug-likeness (QED) is 0.684. The second kappa shape index (κ2) is 7.34. The van der Waals surface area contributed by atoms with Crippen molar-refractivity contribution in [1.82, 2.24) is 0 Å². The molecule has 0 saturated heterocycles. The van der Waals surface area contributed by atoms with Crippen LogP contribution in [0.1, 0.15) is 5.56 Å². The summed E-state index contributed by atoms with van der Waals surface area (Å²) < 4.78 is 10.2. The summed E-state index contributed by atoms with van der Waals surface area (Å²) in [6.45, 7) is 0.127.